The Kier molecular flexibility index (Phi) is 2.20. The average Bonchev–Trinajstić information content (AvgIpc) is 1.59. The Labute approximate surface area is 46.1 Å². The molecule has 0 bridgehead atoms. The second kappa shape index (κ2) is 2.46. The molecule has 0 rings (SSSR count). The van der Waals surface area contributed by atoms with E-state index in [1.165, 1.54) is 11.7 Å². The minimum atomic E-state index is -4.02. The molecule has 3 N–H and O–H groups in total. The summed E-state index contributed by atoms with van der Waals surface area (Å²) in [7, 11) is -4.02. The molecule has 0 heterocycles. The summed E-state index contributed by atoms with van der Waals surface area (Å²) >= 11 is 0. The van der Waals surface area contributed by atoms with Gasteiger partial charge in [-0.15, -0.1) is 4.28 Å². The first-order valence-electron chi connectivity index (χ1n) is 1.41. The zero-order valence-electron chi connectivity index (χ0n) is 3.66. The van der Waals surface area contributed by atoms with Crippen LogP contribution in [-0.2, 0) is 14.6 Å². The van der Waals surface area contributed by atoms with E-state index in [9.17, 15) is 8.42 Å². The smallest absolute Gasteiger partial charge is 0.204 e. The van der Waals surface area contributed by atoms with Crippen molar-refractivity contribution in [2.45, 2.75) is 0 Å². The number of nitrogens with two attached hydrogens (primary N) is 1. The third kappa shape index (κ3) is 5.16. The minimum Gasteiger partial charge on any atom is -0.204 e. The lowest BCUT2D eigenvalue weighted by Crippen LogP contribution is -2.22. The van der Waals surface area contributed by atoms with Crippen LogP contribution >= 0.6 is 0 Å². The molecular formula is CH3N3O3S. The fourth-order valence-corrected chi connectivity index (χ4v) is 0.230. The molecule has 0 aliphatic carbocycles. The molecule has 0 fully saturated rings. The molecule has 0 saturated heterocycles. The lowest BCUT2D eigenvalue weighted by Gasteiger charge is -1.90. The Bertz CT molecular complexity index is 187. The standard InChI is InChI=1S/CH3N3O3S/c2-1-4-7-8(3,5)6/h4H,(H2,3,5,6). The Hall–Kier alpha value is -0.840. The van der Waals surface area contributed by atoms with Crippen LogP contribution in [0.3, 0.4) is 0 Å². The van der Waals surface area contributed by atoms with E-state index in [4.69, 9.17) is 5.26 Å². The number of hydrogen-bond acceptors (Lipinski definition) is 5. The van der Waals surface area contributed by atoms with Gasteiger partial charge in [0.1, 0.15) is 0 Å². The van der Waals surface area contributed by atoms with Gasteiger partial charge in [0.2, 0.25) is 6.19 Å². The van der Waals surface area contributed by atoms with Crippen LogP contribution in [0.15, 0.2) is 0 Å². The van der Waals surface area contributed by atoms with Crippen molar-refractivity contribution >= 4 is 10.3 Å². The van der Waals surface area contributed by atoms with E-state index >= 15 is 0 Å². The highest BCUT2D eigenvalue weighted by Crippen LogP contribution is 1.70. The molecule has 46 valence electrons. The van der Waals surface area contributed by atoms with Crippen LogP contribution in [0, 0.1) is 11.5 Å². The molecule has 0 aromatic carbocycles. The van der Waals surface area contributed by atoms with Crippen LogP contribution in [0.4, 0.5) is 0 Å². The fourth-order valence-electron chi connectivity index (χ4n) is 0.0767. The van der Waals surface area contributed by atoms with Crippen LogP contribution in [0.5, 0.6) is 0 Å². The second-order valence-electron chi connectivity index (χ2n) is 0.790. The molecule has 0 radical (unpaired) electrons. The van der Waals surface area contributed by atoms with Gasteiger partial charge in [-0.05, 0) is 0 Å². The lowest BCUT2D eigenvalue weighted by molar-refractivity contribution is 0.257. The van der Waals surface area contributed by atoms with E-state index in [-0.39, 0.29) is 0 Å². The summed E-state index contributed by atoms with van der Waals surface area (Å²) in [4.78, 5) is 0. The number of nitriles is 1. The zero-order chi connectivity index (χ0) is 6.62. The Morgan fingerprint density at radius 1 is 1.75 bits per heavy atom. The maximum absolute atomic E-state index is 9.73. The first kappa shape index (κ1) is 7.16. The van der Waals surface area contributed by atoms with Crippen molar-refractivity contribution in [1.29, 1.82) is 5.26 Å². The molecule has 0 saturated carbocycles. The zero-order valence-corrected chi connectivity index (χ0v) is 4.47. The summed E-state index contributed by atoms with van der Waals surface area (Å²) < 4.78 is 23.0. The molecule has 8 heavy (non-hydrogen) atoms. The monoisotopic (exact) mass is 137 g/mol. The van der Waals surface area contributed by atoms with Gasteiger partial charge in [-0.3, -0.25) is 0 Å². The largest absolute Gasteiger partial charge is 0.354 e. The summed E-state index contributed by atoms with van der Waals surface area (Å²) in [6.07, 6.45) is 1.19. The van der Waals surface area contributed by atoms with E-state index in [2.05, 4.69) is 9.42 Å². The Morgan fingerprint density at radius 2 is 2.25 bits per heavy atom. The molecule has 0 unspecified atom stereocenters. The number of nitrogens with one attached hydrogen (secondary N) is 1. The number of hydroxylamine groups is 1. The highest BCUT2D eigenvalue weighted by atomic mass is 32.2. The minimum absolute atomic E-state index is 1.19. The molecule has 0 amide bonds. The van der Waals surface area contributed by atoms with Gasteiger partial charge < -0.3 is 0 Å². The molecular weight excluding hydrogens is 134 g/mol. The van der Waals surface area contributed by atoms with Crippen molar-refractivity contribution in [3.8, 4) is 6.19 Å². The predicted molar refractivity (Wildman–Crippen MR) is 22.9 cm³/mol. The van der Waals surface area contributed by atoms with E-state index in [1.54, 1.807) is 0 Å². The number of hydrogen-bond donors (Lipinski definition) is 2. The maximum atomic E-state index is 9.73. The fraction of sp³-hybridized carbons (Fsp3) is 0. The van der Waals surface area contributed by atoms with Crippen LogP contribution in [-0.4, -0.2) is 8.42 Å². The van der Waals surface area contributed by atoms with Crippen LogP contribution in [0.25, 0.3) is 0 Å². The summed E-state index contributed by atoms with van der Waals surface area (Å²) in [5.74, 6) is 0. The van der Waals surface area contributed by atoms with Gasteiger partial charge in [0, 0.05) is 0 Å². The van der Waals surface area contributed by atoms with Crippen LogP contribution in [0.1, 0.15) is 0 Å². The van der Waals surface area contributed by atoms with Gasteiger partial charge in [-0.1, -0.05) is 0 Å². The van der Waals surface area contributed by atoms with E-state index in [1.807, 2.05) is 0 Å². The van der Waals surface area contributed by atoms with E-state index < -0.39 is 10.3 Å². The van der Waals surface area contributed by atoms with Crippen LogP contribution < -0.4 is 10.6 Å². The number of rotatable bonds is 2. The van der Waals surface area contributed by atoms with Gasteiger partial charge in [-0.25, -0.2) is 5.14 Å². The van der Waals surface area contributed by atoms with Crippen LogP contribution in [0.2, 0.25) is 0 Å². The van der Waals surface area contributed by atoms with Crippen molar-refractivity contribution in [3.05, 3.63) is 0 Å². The van der Waals surface area contributed by atoms with Crippen molar-refractivity contribution < 1.29 is 12.7 Å². The summed E-state index contributed by atoms with van der Waals surface area (Å²) in [5.41, 5.74) is 1.38. The number of nitrogens with zero attached hydrogens (tertiary/aromatic N) is 1. The molecule has 7 heteroatoms. The summed E-state index contributed by atoms with van der Waals surface area (Å²) in [6.45, 7) is 0. The first-order chi connectivity index (χ1) is 3.56. The summed E-state index contributed by atoms with van der Waals surface area (Å²) in [5, 5.41) is 11.9. The van der Waals surface area contributed by atoms with Crippen molar-refractivity contribution in [3.63, 3.8) is 0 Å². The molecule has 0 aliphatic rings. The highest BCUT2D eigenvalue weighted by molar-refractivity contribution is 7.84. The Balaban J connectivity index is 3.63. The molecule has 0 aliphatic heterocycles. The molecule has 0 spiro atoms. The second-order valence-corrected chi connectivity index (χ2v) is 1.94. The average molecular weight is 137 g/mol. The van der Waals surface area contributed by atoms with Gasteiger partial charge in [0.15, 0.2) is 0 Å². The van der Waals surface area contributed by atoms with Gasteiger partial charge in [0.05, 0.1) is 0 Å². The molecule has 0 aromatic heterocycles. The van der Waals surface area contributed by atoms with Gasteiger partial charge >= 0.3 is 10.3 Å². The van der Waals surface area contributed by atoms with Crippen molar-refractivity contribution in [2.24, 2.45) is 5.14 Å². The highest BCUT2D eigenvalue weighted by Gasteiger charge is 1.97. The van der Waals surface area contributed by atoms with Crippen molar-refractivity contribution in [1.82, 2.24) is 5.48 Å². The Morgan fingerprint density at radius 3 is 2.38 bits per heavy atom. The third-order valence-electron chi connectivity index (χ3n) is 0.203. The van der Waals surface area contributed by atoms with Gasteiger partial charge in [-0.2, -0.15) is 19.2 Å². The molecule has 0 atom stereocenters. The SMILES string of the molecule is N#CNOS(N)(=O)=O. The predicted octanol–water partition coefficient (Wildman–Crippen LogP) is -1.81. The third-order valence-corrected chi connectivity index (χ3v) is 0.519. The normalized spacial score (nSPS) is 10.0. The first-order valence-corrected chi connectivity index (χ1v) is 2.88. The van der Waals surface area contributed by atoms with Gasteiger partial charge in [0.25, 0.3) is 0 Å². The van der Waals surface area contributed by atoms with Crippen molar-refractivity contribution in [2.75, 3.05) is 0 Å². The van der Waals surface area contributed by atoms with E-state index in [0.29, 0.717) is 0 Å². The summed E-state index contributed by atoms with van der Waals surface area (Å²) in [6, 6.07) is 0. The quantitative estimate of drug-likeness (QED) is 0.265. The maximum Gasteiger partial charge on any atom is 0.354 e. The molecule has 0 aromatic rings. The molecule has 6 nitrogen and oxygen atoms in total. The topological polar surface area (TPSA) is 105 Å². The van der Waals surface area contributed by atoms with E-state index in [0.717, 1.165) is 0 Å². The lowest BCUT2D eigenvalue weighted by atomic mass is 11.5.